The van der Waals surface area contributed by atoms with E-state index in [0.717, 1.165) is 16.9 Å². The smallest absolute Gasteiger partial charge is 0.341 e. The first-order valence-corrected chi connectivity index (χ1v) is 12.7. The molecule has 6 nitrogen and oxygen atoms in total. The Kier molecular flexibility index (Phi) is 6.84. The molecule has 9 heteroatoms. The van der Waals surface area contributed by atoms with Gasteiger partial charge in [-0.25, -0.2) is 4.79 Å². The third kappa shape index (κ3) is 4.89. The van der Waals surface area contributed by atoms with Crippen molar-refractivity contribution in [2.75, 3.05) is 18.5 Å². The zero-order valence-corrected chi connectivity index (χ0v) is 19.5. The summed E-state index contributed by atoms with van der Waals surface area (Å²) in [5.74, 6) is -0.770. The van der Waals surface area contributed by atoms with E-state index in [1.54, 1.807) is 18.3 Å². The standard InChI is InChI=1S/C22H22N2O4S3/c1-2-28-22(27)20-15(17-4-3-10-29-17)13-31-21(20)23-18(25)5-6-19(26)24-9-7-16-14(12-24)8-11-30-16/h3-4,8,10-11,13H,2,5-7,9,12H2,1H3,(H,23,25). The van der Waals surface area contributed by atoms with Gasteiger partial charge >= 0.3 is 5.97 Å². The SMILES string of the molecule is CCOC(=O)c1c(-c2cccs2)csc1NC(=O)CCC(=O)N1CCc2sccc2C1. The number of thiophene rings is 3. The summed E-state index contributed by atoms with van der Waals surface area (Å²) in [6, 6.07) is 5.90. The van der Waals surface area contributed by atoms with E-state index in [4.69, 9.17) is 4.74 Å². The van der Waals surface area contributed by atoms with Gasteiger partial charge in [0.2, 0.25) is 11.8 Å². The first-order valence-electron chi connectivity index (χ1n) is 10.0. The lowest BCUT2D eigenvalue weighted by atomic mass is 10.1. The number of ether oxygens (including phenoxy) is 1. The number of amides is 2. The Morgan fingerprint density at radius 2 is 2.00 bits per heavy atom. The molecular weight excluding hydrogens is 452 g/mol. The highest BCUT2D eigenvalue weighted by molar-refractivity contribution is 7.17. The summed E-state index contributed by atoms with van der Waals surface area (Å²) < 4.78 is 5.21. The predicted octanol–water partition coefficient (Wildman–Crippen LogP) is 5.02. The van der Waals surface area contributed by atoms with Crippen LogP contribution in [0.25, 0.3) is 10.4 Å². The Morgan fingerprint density at radius 1 is 1.13 bits per heavy atom. The molecular formula is C22H22N2O4S3. The molecule has 0 bridgehead atoms. The van der Waals surface area contributed by atoms with Crippen LogP contribution in [0, 0.1) is 0 Å². The first-order chi connectivity index (χ1) is 15.1. The molecule has 1 N–H and O–H groups in total. The Morgan fingerprint density at radius 3 is 2.77 bits per heavy atom. The lowest BCUT2D eigenvalue weighted by Crippen LogP contribution is -2.35. The van der Waals surface area contributed by atoms with E-state index in [1.165, 1.54) is 33.1 Å². The molecule has 162 valence electrons. The van der Waals surface area contributed by atoms with E-state index >= 15 is 0 Å². The minimum absolute atomic E-state index is 0.0249. The van der Waals surface area contributed by atoms with Crippen LogP contribution in [-0.2, 0) is 27.3 Å². The number of esters is 1. The number of hydrogen-bond acceptors (Lipinski definition) is 7. The van der Waals surface area contributed by atoms with Gasteiger partial charge in [-0.3, -0.25) is 9.59 Å². The van der Waals surface area contributed by atoms with E-state index in [2.05, 4.69) is 16.8 Å². The number of carbonyl (C=O) groups excluding carboxylic acids is 3. The van der Waals surface area contributed by atoms with Crippen molar-refractivity contribution in [1.29, 1.82) is 0 Å². The summed E-state index contributed by atoms with van der Waals surface area (Å²) in [5, 5.41) is 9.12. The van der Waals surface area contributed by atoms with Gasteiger partial charge in [0.1, 0.15) is 10.6 Å². The van der Waals surface area contributed by atoms with Crippen LogP contribution >= 0.6 is 34.0 Å². The van der Waals surface area contributed by atoms with Gasteiger partial charge in [-0.1, -0.05) is 6.07 Å². The Bertz CT molecular complexity index is 1080. The predicted molar refractivity (Wildman–Crippen MR) is 125 cm³/mol. The topological polar surface area (TPSA) is 75.7 Å². The van der Waals surface area contributed by atoms with Gasteiger partial charge in [-0.2, -0.15) is 0 Å². The molecule has 3 aromatic rings. The Balaban J connectivity index is 1.39. The maximum absolute atomic E-state index is 12.6. The van der Waals surface area contributed by atoms with Crippen molar-refractivity contribution in [3.8, 4) is 10.4 Å². The molecule has 0 unspecified atom stereocenters. The van der Waals surface area contributed by atoms with Gasteiger partial charge in [0.15, 0.2) is 0 Å². The molecule has 1 aliphatic heterocycles. The van der Waals surface area contributed by atoms with Crippen LogP contribution < -0.4 is 5.32 Å². The van der Waals surface area contributed by atoms with Crippen LogP contribution in [0.4, 0.5) is 5.00 Å². The monoisotopic (exact) mass is 474 g/mol. The molecule has 0 spiro atoms. The normalized spacial score (nSPS) is 13.0. The van der Waals surface area contributed by atoms with Gasteiger partial charge in [-0.15, -0.1) is 34.0 Å². The molecule has 4 rings (SSSR count). The zero-order valence-electron chi connectivity index (χ0n) is 17.0. The molecule has 0 aromatic carbocycles. The third-order valence-corrected chi connectivity index (χ3v) is 7.86. The summed E-state index contributed by atoms with van der Waals surface area (Å²) in [6.07, 6.45) is 1.08. The van der Waals surface area contributed by atoms with Crippen LogP contribution in [-0.4, -0.2) is 35.8 Å². The fourth-order valence-corrected chi connectivity index (χ4v) is 6.18. The summed E-state index contributed by atoms with van der Waals surface area (Å²) in [4.78, 5) is 41.8. The number of hydrogen-bond donors (Lipinski definition) is 1. The van der Waals surface area contributed by atoms with Gasteiger partial charge in [0, 0.05) is 46.6 Å². The molecule has 4 heterocycles. The maximum Gasteiger partial charge on any atom is 0.341 e. The summed E-state index contributed by atoms with van der Waals surface area (Å²) in [5.41, 5.74) is 2.33. The number of carbonyl (C=O) groups is 3. The number of rotatable bonds is 7. The van der Waals surface area contributed by atoms with Crippen LogP contribution in [0.2, 0.25) is 0 Å². The summed E-state index contributed by atoms with van der Waals surface area (Å²) >= 11 is 4.54. The molecule has 2 amide bonds. The van der Waals surface area contributed by atoms with Crippen molar-refractivity contribution in [2.24, 2.45) is 0 Å². The third-order valence-electron chi connectivity index (χ3n) is 5.04. The van der Waals surface area contributed by atoms with E-state index in [1.807, 2.05) is 27.8 Å². The van der Waals surface area contributed by atoms with Crippen LogP contribution in [0.3, 0.4) is 0 Å². The minimum atomic E-state index is -0.460. The second-order valence-corrected chi connectivity index (χ2v) is 9.86. The van der Waals surface area contributed by atoms with Crippen LogP contribution in [0.1, 0.15) is 40.6 Å². The van der Waals surface area contributed by atoms with Crippen molar-refractivity contribution in [2.45, 2.75) is 32.7 Å². The number of nitrogens with one attached hydrogen (secondary N) is 1. The minimum Gasteiger partial charge on any atom is -0.462 e. The Labute approximate surface area is 192 Å². The number of nitrogens with zero attached hydrogens (tertiary/aromatic N) is 1. The van der Waals surface area contributed by atoms with Gasteiger partial charge in [-0.05, 0) is 41.8 Å². The van der Waals surface area contributed by atoms with Crippen molar-refractivity contribution in [1.82, 2.24) is 4.90 Å². The maximum atomic E-state index is 12.6. The van der Waals surface area contributed by atoms with Gasteiger partial charge in [0.25, 0.3) is 0 Å². The molecule has 0 atom stereocenters. The van der Waals surface area contributed by atoms with Crippen LogP contribution in [0.15, 0.2) is 34.3 Å². The Hall–Kier alpha value is -2.49. The molecule has 0 aliphatic carbocycles. The number of fused-ring (bicyclic) bond motifs is 1. The average molecular weight is 475 g/mol. The van der Waals surface area contributed by atoms with E-state index < -0.39 is 5.97 Å². The molecule has 31 heavy (non-hydrogen) atoms. The quantitative estimate of drug-likeness (QED) is 0.488. The molecule has 3 aromatic heterocycles. The second-order valence-electron chi connectivity index (χ2n) is 7.03. The van der Waals surface area contributed by atoms with Crippen molar-refractivity contribution in [3.63, 3.8) is 0 Å². The van der Waals surface area contributed by atoms with Gasteiger partial charge < -0.3 is 15.0 Å². The van der Waals surface area contributed by atoms with Crippen molar-refractivity contribution >= 4 is 56.8 Å². The lowest BCUT2D eigenvalue weighted by Gasteiger charge is -2.27. The highest BCUT2D eigenvalue weighted by atomic mass is 32.1. The molecule has 0 radical (unpaired) electrons. The highest BCUT2D eigenvalue weighted by Gasteiger charge is 2.25. The molecule has 1 aliphatic rings. The second kappa shape index (κ2) is 9.76. The fourth-order valence-electron chi connectivity index (χ4n) is 3.50. The zero-order chi connectivity index (χ0) is 21.8. The van der Waals surface area contributed by atoms with Crippen LogP contribution in [0.5, 0.6) is 0 Å². The van der Waals surface area contributed by atoms with E-state index in [-0.39, 0.29) is 31.3 Å². The molecule has 0 saturated heterocycles. The van der Waals surface area contributed by atoms with Crippen molar-refractivity contribution < 1.29 is 19.1 Å². The van der Waals surface area contributed by atoms with E-state index in [9.17, 15) is 14.4 Å². The molecule has 0 fully saturated rings. The lowest BCUT2D eigenvalue weighted by molar-refractivity contribution is -0.133. The first kappa shape index (κ1) is 21.7. The average Bonchev–Trinajstić information content (AvgIpc) is 3.51. The summed E-state index contributed by atoms with van der Waals surface area (Å²) in [6.45, 7) is 3.30. The summed E-state index contributed by atoms with van der Waals surface area (Å²) in [7, 11) is 0. The number of anilines is 1. The largest absolute Gasteiger partial charge is 0.462 e. The fraction of sp³-hybridized carbons (Fsp3) is 0.318. The highest BCUT2D eigenvalue weighted by Crippen LogP contribution is 2.38. The van der Waals surface area contributed by atoms with Crippen molar-refractivity contribution in [3.05, 3.63) is 50.3 Å². The van der Waals surface area contributed by atoms with E-state index in [0.29, 0.717) is 23.7 Å². The van der Waals surface area contributed by atoms with Gasteiger partial charge in [0.05, 0.1) is 6.61 Å². The molecule has 0 saturated carbocycles.